The minimum Gasteiger partial charge on any atom is -0.192 e. The fourth-order valence-electron chi connectivity index (χ4n) is 16.1. The summed E-state index contributed by atoms with van der Waals surface area (Å²) in [7, 11) is 0. The van der Waals surface area contributed by atoms with Gasteiger partial charge in [-0.25, -0.2) is 0 Å². The van der Waals surface area contributed by atoms with Crippen molar-refractivity contribution >= 4 is 122 Å². The molecule has 0 amide bonds. The second-order valence-electron chi connectivity index (χ2n) is 27.6. The predicted octanol–water partition coefficient (Wildman–Crippen LogP) is 25.7. The number of nitrogens with zero attached hydrogens (tertiary/aromatic N) is 8. The average Bonchev–Trinajstić information content (AvgIpc) is 1.49. The quantitative estimate of drug-likeness (QED) is 0.0348. The van der Waals surface area contributed by atoms with Crippen molar-refractivity contribution in [2.75, 3.05) is 0 Å². The Morgan fingerprint density at radius 3 is 0.971 bits per heavy atom. The molecule has 0 spiro atoms. The van der Waals surface area contributed by atoms with Crippen molar-refractivity contribution in [1.82, 2.24) is 17.5 Å². The van der Waals surface area contributed by atoms with Gasteiger partial charge in [0.25, 0.3) is 0 Å². The highest BCUT2D eigenvalue weighted by Gasteiger charge is 2.54. The fourth-order valence-corrected chi connectivity index (χ4v) is 22.9. The summed E-state index contributed by atoms with van der Waals surface area (Å²) < 4.78 is 24.4. The van der Waals surface area contributed by atoms with Crippen LogP contribution in [0.15, 0.2) is 157 Å². The Morgan fingerprint density at radius 2 is 0.667 bits per heavy atom. The molecule has 13 aromatic rings. The van der Waals surface area contributed by atoms with Crippen LogP contribution in [0.1, 0.15) is 208 Å². The Labute approximate surface area is 622 Å². The van der Waals surface area contributed by atoms with Gasteiger partial charge in [-0.2, -0.15) is 38.5 Å². The molecule has 102 heavy (non-hydrogen) atoms. The molecule has 0 N–H and O–H groups in total. The van der Waals surface area contributed by atoms with E-state index in [0.29, 0.717) is 22.2 Å². The van der Waals surface area contributed by atoms with Gasteiger partial charge >= 0.3 is 0 Å². The number of rotatable bonds is 28. The van der Waals surface area contributed by atoms with Crippen LogP contribution in [0.5, 0.6) is 0 Å². The number of aromatic nitrogens is 4. The Hall–Kier alpha value is -9.06. The van der Waals surface area contributed by atoms with E-state index in [4.69, 9.17) is 17.5 Å². The molecule has 0 saturated carbocycles. The maximum absolute atomic E-state index is 9.83. The number of nitriles is 4. The molecule has 0 saturated heterocycles. The third-order valence-electron chi connectivity index (χ3n) is 21.3. The van der Waals surface area contributed by atoms with E-state index in [1.165, 1.54) is 183 Å². The highest BCUT2D eigenvalue weighted by atomic mass is 32.1. The molecular formula is C88H78N8S6. The van der Waals surface area contributed by atoms with Crippen molar-refractivity contribution in [1.29, 1.82) is 21.0 Å². The number of fused-ring (bicyclic) bond motifs is 12. The van der Waals surface area contributed by atoms with Gasteiger partial charge in [0.05, 0.1) is 43.7 Å². The largest absolute Gasteiger partial charge is 0.192 e. The Morgan fingerprint density at radius 1 is 0.353 bits per heavy atom. The van der Waals surface area contributed by atoms with Crippen molar-refractivity contribution < 1.29 is 0 Å². The van der Waals surface area contributed by atoms with E-state index in [9.17, 15) is 21.0 Å². The van der Waals surface area contributed by atoms with Gasteiger partial charge in [0.1, 0.15) is 57.5 Å². The minimum atomic E-state index is -0.750. The van der Waals surface area contributed by atoms with E-state index < -0.39 is 10.8 Å². The van der Waals surface area contributed by atoms with E-state index in [2.05, 4.69) is 161 Å². The molecule has 6 aromatic heterocycles. The number of hydrogen-bond acceptors (Lipinski definition) is 14. The summed E-state index contributed by atoms with van der Waals surface area (Å²) in [6.07, 6.45) is 26.7. The molecule has 506 valence electrons. The average molecular weight is 1440 g/mol. The summed E-state index contributed by atoms with van der Waals surface area (Å²) >= 11 is 9.83. The smallest absolute Gasteiger partial charge is 0.130 e. The highest BCUT2D eigenvalue weighted by molar-refractivity contribution is 7.32. The first-order chi connectivity index (χ1) is 50.2. The standard InChI is InChI=1S/C88H78N8S6/c1-5-9-13-17-21-55-25-35-63(36-26-55)87(64-37-27-56(28-38-64)22-18-14-10-6-2)71-47-70-72(48-69(71)83-77(87)85-75(99-83)49-73(97-85)67-43-33-61(45-59(51-89)52-90)79-81(67)95-101-93-79)88(65-39-29-57(30-40-65)23-19-15-11-7-3,66-41-31-58(32-42-66)24-20-16-12-8-4)78-84(70)100-76-50-74(98-86(76)78)68-44-34-62(46-60(53-91)54-92)80-82(68)96-102-94-80/h25-50H,5-24H2,1-4H3. The second kappa shape index (κ2) is 30.1. The molecule has 2 aliphatic carbocycles. The van der Waals surface area contributed by atoms with Crippen molar-refractivity contribution in [3.8, 4) is 66.0 Å². The number of allylic oxidation sites excluding steroid dienone is 2. The molecule has 0 radical (unpaired) electrons. The first kappa shape index (κ1) is 68.7. The van der Waals surface area contributed by atoms with Gasteiger partial charge in [-0.05, 0) is 155 Å². The second-order valence-corrected chi connectivity index (χ2v) is 32.9. The zero-order valence-corrected chi connectivity index (χ0v) is 63.1. The van der Waals surface area contributed by atoms with Crippen LogP contribution < -0.4 is 0 Å². The SMILES string of the molecule is CCCCCCc1ccc(C2(c3ccc(CCCCCC)cc3)c3cc4c(cc3-c3sc5cc(-c6ccc(C=C(C#N)C#N)c7nsnc67)sc5c32)C(c2ccc(CCCCCC)cc2)(c2ccc(CCCCCC)cc2)c2c-4sc3cc(-c4ccc(C=C(C#N)C#N)c5nsnc45)sc23)cc1. The third kappa shape index (κ3) is 12.3. The summed E-state index contributed by atoms with van der Waals surface area (Å²) in [5.41, 5.74) is 23.1. The lowest BCUT2D eigenvalue weighted by atomic mass is 9.65. The van der Waals surface area contributed by atoms with E-state index in [0.717, 1.165) is 107 Å². The molecular weight excluding hydrogens is 1360 g/mol. The van der Waals surface area contributed by atoms with Crippen molar-refractivity contribution in [2.45, 2.75) is 167 Å². The first-order valence-corrected chi connectivity index (χ1v) is 41.2. The van der Waals surface area contributed by atoms with E-state index >= 15 is 0 Å². The summed E-state index contributed by atoms with van der Waals surface area (Å²) in [6, 6.07) is 65.7. The van der Waals surface area contributed by atoms with Crippen molar-refractivity contribution in [3.63, 3.8) is 0 Å². The van der Waals surface area contributed by atoms with Gasteiger partial charge in [-0.3, -0.25) is 0 Å². The molecule has 14 heteroatoms. The van der Waals surface area contributed by atoms with Gasteiger partial charge in [0.15, 0.2) is 0 Å². The van der Waals surface area contributed by atoms with E-state index in [1.807, 2.05) is 81.8 Å². The monoisotopic (exact) mass is 1440 g/mol. The van der Waals surface area contributed by atoms with Gasteiger partial charge in [-0.1, -0.05) is 226 Å². The summed E-state index contributed by atoms with van der Waals surface area (Å²) in [6.45, 7) is 9.14. The van der Waals surface area contributed by atoms with E-state index in [1.54, 1.807) is 12.2 Å². The molecule has 0 aliphatic heterocycles. The summed E-state index contributed by atoms with van der Waals surface area (Å²) in [5.74, 6) is 0. The van der Waals surface area contributed by atoms with Crippen molar-refractivity contribution in [2.24, 2.45) is 0 Å². The Bertz CT molecular complexity index is 5040. The molecule has 0 unspecified atom stereocenters. The molecule has 7 aromatic carbocycles. The zero-order valence-electron chi connectivity index (χ0n) is 58.2. The van der Waals surface area contributed by atoms with Crippen LogP contribution in [-0.2, 0) is 36.5 Å². The number of benzene rings is 7. The lowest BCUT2D eigenvalue weighted by Crippen LogP contribution is -2.30. The highest BCUT2D eigenvalue weighted by Crippen LogP contribution is 2.68. The fraction of sp³-hybridized carbons (Fsp3) is 0.295. The molecule has 15 rings (SSSR count). The molecule has 0 bridgehead atoms. The van der Waals surface area contributed by atoms with Crippen LogP contribution >= 0.6 is 68.8 Å². The van der Waals surface area contributed by atoms with Crippen molar-refractivity contribution in [3.05, 3.63) is 235 Å². The van der Waals surface area contributed by atoms with Gasteiger partial charge in [0.2, 0.25) is 0 Å². The minimum absolute atomic E-state index is 0.0250. The number of thiophene rings is 4. The maximum atomic E-state index is 9.83. The lowest BCUT2D eigenvalue weighted by molar-refractivity contribution is 0.666. The number of unbranched alkanes of at least 4 members (excludes halogenated alkanes) is 12. The molecule has 0 atom stereocenters. The molecule has 6 heterocycles. The maximum Gasteiger partial charge on any atom is 0.130 e. The van der Waals surface area contributed by atoms with Crippen LogP contribution in [0.3, 0.4) is 0 Å². The molecule has 2 aliphatic rings. The topological polar surface area (TPSA) is 147 Å². The number of aryl methyl sites for hydroxylation is 4. The predicted molar refractivity (Wildman–Crippen MR) is 430 cm³/mol. The van der Waals surface area contributed by atoms with Gasteiger partial charge in [0, 0.05) is 62.3 Å². The number of hydrogen-bond donors (Lipinski definition) is 0. The lowest BCUT2D eigenvalue weighted by Gasteiger charge is -2.36. The Balaban J connectivity index is 1.01. The van der Waals surface area contributed by atoms with Crippen LogP contribution in [0, 0.1) is 45.3 Å². The van der Waals surface area contributed by atoms with Gasteiger partial charge in [-0.15, -0.1) is 45.3 Å². The first-order valence-electron chi connectivity index (χ1n) is 36.5. The Kier molecular flexibility index (Phi) is 20.3. The van der Waals surface area contributed by atoms with Crippen LogP contribution in [0.4, 0.5) is 0 Å². The third-order valence-corrected chi connectivity index (χ3v) is 27.3. The van der Waals surface area contributed by atoms with Crippen LogP contribution in [0.25, 0.3) is 94.8 Å². The summed E-state index contributed by atoms with van der Waals surface area (Å²) in [4.78, 5) is 4.79. The van der Waals surface area contributed by atoms with Crippen LogP contribution in [-0.4, -0.2) is 17.5 Å². The van der Waals surface area contributed by atoms with Gasteiger partial charge < -0.3 is 0 Å². The molecule has 0 fully saturated rings. The normalized spacial score (nSPS) is 13.0. The zero-order chi connectivity index (χ0) is 69.9. The van der Waals surface area contributed by atoms with Crippen LogP contribution in [0.2, 0.25) is 0 Å². The van der Waals surface area contributed by atoms with E-state index in [-0.39, 0.29) is 11.1 Å². The summed E-state index contributed by atoms with van der Waals surface area (Å²) in [5, 5.41) is 39.3. The molecule has 8 nitrogen and oxygen atoms in total.